The molecule has 0 aliphatic rings. The van der Waals surface area contributed by atoms with Crippen molar-refractivity contribution in [3.05, 3.63) is 35.9 Å². The molecular formula is C29H51NO4. The summed E-state index contributed by atoms with van der Waals surface area (Å²) in [5.41, 5.74) is 1.02. The fourth-order valence-electron chi connectivity index (χ4n) is 4.03. The smallest absolute Gasteiger partial charge is 0.407 e. The Balaban J connectivity index is 1.83. The van der Waals surface area contributed by atoms with Crippen molar-refractivity contribution >= 4 is 6.09 Å². The van der Waals surface area contributed by atoms with Gasteiger partial charge < -0.3 is 19.9 Å². The molecule has 5 nitrogen and oxygen atoms in total. The van der Waals surface area contributed by atoms with E-state index < -0.39 is 12.2 Å². The molecule has 0 fully saturated rings. The zero-order valence-corrected chi connectivity index (χ0v) is 21.8. The number of aliphatic hydroxyl groups excluding tert-OH is 1. The van der Waals surface area contributed by atoms with Crippen molar-refractivity contribution in [2.24, 2.45) is 0 Å². The van der Waals surface area contributed by atoms with Crippen LogP contribution in [-0.2, 0) is 16.1 Å². The van der Waals surface area contributed by atoms with Crippen LogP contribution in [0.1, 0.15) is 115 Å². The number of carbonyl (C=O) groups is 1. The third-order valence-corrected chi connectivity index (χ3v) is 6.23. The van der Waals surface area contributed by atoms with Gasteiger partial charge in [-0.15, -0.1) is 0 Å². The number of hydrogen-bond donors (Lipinski definition) is 2. The fraction of sp³-hybridized carbons (Fsp3) is 0.759. The highest BCUT2D eigenvalue weighted by atomic mass is 16.6. The van der Waals surface area contributed by atoms with Crippen LogP contribution in [0.15, 0.2) is 30.3 Å². The lowest BCUT2D eigenvalue weighted by molar-refractivity contribution is -0.0326. The van der Waals surface area contributed by atoms with E-state index in [0.717, 1.165) is 18.4 Å². The maximum Gasteiger partial charge on any atom is 0.407 e. The lowest BCUT2D eigenvalue weighted by Crippen LogP contribution is -2.31. The Labute approximate surface area is 209 Å². The first kappa shape index (κ1) is 30.4. The summed E-state index contributed by atoms with van der Waals surface area (Å²) >= 11 is 0. The molecule has 1 atom stereocenters. The molecule has 1 rings (SSSR count). The van der Waals surface area contributed by atoms with E-state index in [9.17, 15) is 9.90 Å². The lowest BCUT2D eigenvalue weighted by Gasteiger charge is -2.16. The van der Waals surface area contributed by atoms with Gasteiger partial charge in [0.15, 0.2) is 0 Å². The van der Waals surface area contributed by atoms with Crippen LogP contribution >= 0.6 is 0 Å². The van der Waals surface area contributed by atoms with Crippen LogP contribution < -0.4 is 5.32 Å². The fourth-order valence-corrected chi connectivity index (χ4v) is 4.03. The summed E-state index contributed by atoms with van der Waals surface area (Å²) in [6, 6.07) is 9.74. The quantitative estimate of drug-likeness (QED) is 0.160. The zero-order valence-electron chi connectivity index (χ0n) is 21.8. The highest BCUT2D eigenvalue weighted by Crippen LogP contribution is 2.13. The van der Waals surface area contributed by atoms with Crippen LogP contribution in [0, 0.1) is 0 Å². The first-order valence-electron chi connectivity index (χ1n) is 13.9. The lowest BCUT2D eigenvalue weighted by atomic mass is 10.0. The van der Waals surface area contributed by atoms with Crippen LogP contribution in [-0.4, -0.2) is 37.1 Å². The second kappa shape index (κ2) is 23.2. The predicted molar refractivity (Wildman–Crippen MR) is 141 cm³/mol. The first-order chi connectivity index (χ1) is 16.8. The molecule has 0 bridgehead atoms. The molecule has 0 aliphatic carbocycles. The van der Waals surface area contributed by atoms with Crippen LogP contribution in [0.3, 0.4) is 0 Å². The van der Waals surface area contributed by atoms with E-state index in [2.05, 4.69) is 12.2 Å². The van der Waals surface area contributed by atoms with Crippen molar-refractivity contribution in [2.75, 3.05) is 19.8 Å². The minimum absolute atomic E-state index is 0.0497. The molecule has 0 aliphatic heterocycles. The second-order valence-corrected chi connectivity index (χ2v) is 9.43. The molecular weight excluding hydrogens is 426 g/mol. The third-order valence-electron chi connectivity index (χ3n) is 6.23. The van der Waals surface area contributed by atoms with Gasteiger partial charge in [-0.2, -0.15) is 0 Å². The monoisotopic (exact) mass is 477 g/mol. The van der Waals surface area contributed by atoms with Crippen molar-refractivity contribution in [3.63, 3.8) is 0 Å². The molecule has 0 saturated heterocycles. The minimum Gasteiger partial charge on any atom is -0.447 e. The number of amides is 1. The summed E-state index contributed by atoms with van der Waals surface area (Å²) in [5, 5.41) is 12.2. The summed E-state index contributed by atoms with van der Waals surface area (Å²) in [7, 11) is 0. The van der Waals surface area contributed by atoms with E-state index in [-0.39, 0.29) is 13.2 Å². The summed E-state index contributed by atoms with van der Waals surface area (Å²) in [4.78, 5) is 11.8. The maximum atomic E-state index is 11.8. The van der Waals surface area contributed by atoms with E-state index >= 15 is 0 Å². The molecule has 34 heavy (non-hydrogen) atoms. The molecule has 1 unspecified atom stereocenters. The molecule has 1 amide bonds. The van der Waals surface area contributed by atoms with Gasteiger partial charge in [-0.3, -0.25) is 0 Å². The van der Waals surface area contributed by atoms with Gasteiger partial charge in [-0.05, 0) is 12.0 Å². The largest absolute Gasteiger partial charge is 0.447 e. The standard InChI is InChI=1S/C29H51NO4/c1-2-3-4-5-6-7-8-9-10-11-12-13-14-15-16-20-23-30-29(32)34-26-28(24-31)33-25-27-21-18-17-19-22-27/h17-19,21-22,28,31H,2-16,20,23-26H2,1H3,(H,30,32). The second-order valence-electron chi connectivity index (χ2n) is 9.43. The van der Waals surface area contributed by atoms with Crippen molar-refractivity contribution in [2.45, 2.75) is 122 Å². The number of ether oxygens (including phenoxy) is 2. The Morgan fingerprint density at radius 2 is 1.29 bits per heavy atom. The topological polar surface area (TPSA) is 67.8 Å². The van der Waals surface area contributed by atoms with Crippen LogP contribution in [0.25, 0.3) is 0 Å². The molecule has 0 radical (unpaired) electrons. The molecule has 0 aromatic heterocycles. The van der Waals surface area contributed by atoms with Gasteiger partial charge in [-0.1, -0.05) is 134 Å². The summed E-state index contributed by atoms with van der Waals surface area (Å²) < 4.78 is 10.8. The molecule has 0 saturated carbocycles. The zero-order chi connectivity index (χ0) is 24.5. The molecule has 0 heterocycles. The van der Waals surface area contributed by atoms with Crippen molar-refractivity contribution in [1.29, 1.82) is 0 Å². The number of unbranched alkanes of at least 4 members (excludes halogenated alkanes) is 15. The van der Waals surface area contributed by atoms with E-state index in [0.29, 0.717) is 13.2 Å². The summed E-state index contributed by atoms with van der Waals surface area (Å²) in [6.07, 6.45) is 20.4. The number of nitrogens with one attached hydrogen (secondary N) is 1. The number of rotatable bonds is 23. The number of aliphatic hydroxyl groups is 1. The van der Waals surface area contributed by atoms with Gasteiger partial charge in [0.1, 0.15) is 12.7 Å². The van der Waals surface area contributed by atoms with Crippen molar-refractivity contribution in [1.82, 2.24) is 5.32 Å². The molecule has 2 N–H and O–H groups in total. The normalized spacial score (nSPS) is 11.9. The highest BCUT2D eigenvalue weighted by Gasteiger charge is 2.11. The van der Waals surface area contributed by atoms with Crippen LogP contribution in [0.5, 0.6) is 0 Å². The van der Waals surface area contributed by atoms with Gasteiger partial charge in [0, 0.05) is 6.54 Å². The summed E-state index contributed by atoms with van der Waals surface area (Å²) in [6.45, 7) is 3.16. The van der Waals surface area contributed by atoms with Gasteiger partial charge >= 0.3 is 6.09 Å². The van der Waals surface area contributed by atoms with Gasteiger partial charge in [0.2, 0.25) is 0 Å². The Morgan fingerprint density at radius 1 is 0.794 bits per heavy atom. The average molecular weight is 478 g/mol. The van der Waals surface area contributed by atoms with Crippen molar-refractivity contribution in [3.8, 4) is 0 Å². The Hall–Kier alpha value is -1.59. The Bertz CT molecular complexity index is 567. The Kier molecular flexibility index (Phi) is 20.7. The van der Waals surface area contributed by atoms with E-state index in [1.54, 1.807) is 0 Å². The SMILES string of the molecule is CCCCCCCCCCCCCCCCCCNC(=O)OCC(CO)OCc1ccccc1. The molecule has 0 spiro atoms. The van der Waals surface area contributed by atoms with Crippen molar-refractivity contribution < 1.29 is 19.4 Å². The van der Waals surface area contributed by atoms with Gasteiger partial charge in [0.25, 0.3) is 0 Å². The number of benzene rings is 1. The summed E-state index contributed by atoms with van der Waals surface area (Å²) in [5.74, 6) is 0. The first-order valence-corrected chi connectivity index (χ1v) is 13.9. The minimum atomic E-state index is -0.512. The maximum absolute atomic E-state index is 11.8. The number of hydrogen-bond acceptors (Lipinski definition) is 4. The van der Waals surface area contributed by atoms with Crippen LogP contribution in [0.4, 0.5) is 4.79 Å². The van der Waals surface area contributed by atoms with E-state index in [1.165, 1.54) is 89.9 Å². The highest BCUT2D eigenvalue weighted by molar-refractivity contribution is 5.67. The molecule has 5 heteroatoms. The number of carbonyl (C=O) groups excluding carboxylic acids is 1. The molecule has 1 aromatic rings. The van der Waals surface area contributed by atoms with Crippen LogP contribution in [0.2, 0.25) is 0 Å². The van der Waals surface area contributed by atoms with E-state index in [1.807, 2.05) is 30.3 Å². The Morgan fingerprint density at radius 3 is 1.79 bits per heavy atom. The number of alkyl carbamates (subject to hydrolysis) is 1. The predicted octanol–water partition coefficient (Wildman–Crippen LogP) is 7.55. The van der Waals surface area contributed by atoms with Gasteiger partial charge in [0.05, 0.1) is 13.2 Å². The molecule has 1 aromatic carbocycles. The average Bonchev–Trinajstić information content (AvgIpc) is 2.86. The third kappa shape index (κ3) is 18.8. The van der Waals surface area contributed by atoms with Gasteiger partial charge in [-0.25, -0.2) is 4.79 Å². The molecule has 196 valence electrons. The van der Waals surface area contributed by atoms with E-state index in [4.69, 9.17) is 9.47 Å².